The van der Waals surface area contributed by atoms with Gasteiger partial charge in [-0.05, 0) is 113 Å². The molecule has 2 unspecified atom stereocenters. The molecule has 2 atom stereocenters. The van der Waals surface area contributed by atoms with Crippen LogP contribution in [-0.2, 0) is 38.7 Å². The van der Waals surface area contributed by atoms with Crippen molar-refractivity contribution in [1.82, 2.24) is 0 Å². The Kier molecular flexibility index (Phi) is 6.20. The Morgan fingerprint density at radius 3 is 1.77 bits per heavy atom. The van der Waals surface area contributed by atoms with Gasteiger partial charge in [0.05, 0.1) is 10.8 Å². The first-order valence-electron chi connectivity index (χ1n) is 14.0. The van der Waals surface area contributed by atoms with Crippen LogP contribution in [0, 0.1) is 46.3 Å². The Hall–Kier alpha value is -1.82. The van der Waals surface area contributed by atoms with E-state index in [2.05, 4.69) is 0 Å². The highest BCUT2D eigenvalue weighted by Crippen LogP contribution is 2.66. The van der Waals surface area contributed by atoms with Crippen molar-refractivity contribution in [2.45, 2.75) is 88.4 Å². The second kappa shape index (κ2) is 8.84. The molecule has 8 rings (SSSR count). The maximum Gasteiger partial charge on any atom is 0.402 e. The summed E-state index contributed by atoms with van der Waals surface area (Å²) in [6, 6.07) is 0. The van der Waals surface area contributed by atoms with Crippen LogP contribution in [0.2, 0.25) is 0 Å². The lowest BCUT2D eigenvalue weighted by Crippen LogP contribution is -2.59. The SMILES string of the molecule is CC1(OC(=O)COC(=O)C23CC4CC(C2)CC(C(=O)OCC(F)(F)S(=O)(=O)O)(C4)C3)C2CC3CC(C2)CC1C3. The first-order valence-corrected chi connectivity index (χ1v) is 15.5. The Morgan fingerprint density at radius 2 is 1.28 bits per heavy atom. The molecule has 0 spiro atoms. The lowest BCUT2D eigenvalue weighted by molar-refractivity contribution is -0.211. The molecule has 8 saturated carbocycles. The second-order valence-corrected chi connectivity index (χ2v) is 15.3. The molecule has 0 aliphatic heterocycles. The van der Waals surface area contributed by atoms with Gasteiger partial charge in [-0.3, -0.25) is 14.1 Å². The third-order valence-corrected chi connectivity index (χ3v) is 12.0. The van der Waals surface area contributed by atoms with E-state index < -0.39 is 62.9 Å². The van der Waals surface area contributed by atoms with Crippen molar-refractivity contribution in [3.05, 3.63) is 0 Å². The van der Waals surface area contributed by atoms with Gasteiger partial charge in [-0.25, -0.2) is 4.79 Å². The quantitative estimate of drug-likeness (QED) is 0.260. The average Bonchev–Trinajstić information content (AvgIpc) is 2.82. The third-order valence-electron chi connectivity index (χ3n) is 11.1. The van der Waals surface area contributed by atoms with Crippen molar-refractivity contribution in [3.63, 3.8) is 0 Å². The van der Waals surface area contributed by atoms with Crippen LogP contribution in [0.5, 0.6) is 0 Å². The Morgan fingerprint density at radius 1 is 0.821 bits per heavy atom. The molecule has 8 bridgehead atoms. The number of carbonyl (C=O) groups excluding carboxylic acids is 3. The molecule has 39 heavy (non-hydrogen) atoms. The molecular weight excluding hydrogens is 538 g/mol. The fourth-order valence-electron chi connectivity index (χ4n) is 9.96. The first-order chi connectivity index (χ1) is 18.1. The van der Waals surface area contributed by atoms with Gasteiger partial charge in [-0.15, -0.1) is 0 Å². The summed E-state index contributed by atoms with van der Waals surface area (Å²) in [5, 5.41) is -4.63. The molecule has 218 valence electrons. The molecule has 8 aliphatic rings. The van der Waals surface area contributed by atoms with E-state index in [1.54, 1.807) is 0 Å². The molecular formula is C27H36F2O9S. The third kappa shape index (κ3) is 4.48. The highest BCUT2D eigenvalue weighted by molar-refractivity contribution is 7.86. The molecule has 9 nitrogen and oxygen atoms in total. The Labute approximate surface area is 226 Å². The fourth-order valence-corrected chi connectivity index (χ4v) is 10.2. The summed E-state index contributed by atoms with van der Waals surface area (Å²) in [5.74, 6) is -0.121. The van der Waals surface area contributed by atoms with Gasteiger partial charge in [0.1, 0.15) is 5.60 Å². The van der Waals surface area contributed by atoms with Gasteiger partial charge >= 0.3 is 33.3 Å². The monoisotopic (exact) mass is 574 g/mol. The van der Waals surface area contributed by atoms with Crippen molar-refractivity contribution in [2.75, 3.05) is 13.2 Å². The van der Waals surface area contributed by atoms with Crippen molar-refractivity contribution >= 4 is 28.0 Å². The standard InChI is InChI=1S/C27H36F2O9S/c1-24(19-4-15-2-16(6-19)7-20(24)5-15)38-21(30)12-36-22(31)25-8-17-3-18(9-25)11-26(10-17,13-25)23(32)37-14-27(28,29)39(33,34)35/h15-20H,2-14H2,1H3,(H,33,34,35). The highest BCUT2D eigenvalue weighted by atomic mass is 32.2. The highest BCUT2D eigenvalue weighted by Gasteiger charge is 2.65. The van der Waals surface area contributed by atoms with Gasteiger partial charge in [-0.1, -0.05) is 0 Å². The summed E-state index contributed by atoms with van der Waals surface area (Å²) in [6.07, 6.45) is 7.99. The largest absolute Gasteiger partial charge is 0.458 e. The lowest BCUT2D eigenvalue weighted by Gasteiger charge is -2.59. The van der Waals surface area contributed by atoms with Gasteiger partial charge in [-0.2, -0.15) is 17.2 Å². The van der Waals surface area contributed by atoms with Crippen molar-refractivity contribution in [2.24, 2.45) is 46.3 Å². The summed E-state index contributed by atoms with van der Waals surface area (Å²) in [4.78, 5) is 39.3. The number of hydrogen-bond donors (Lipinski definition) is 1. The molecule has 8 fully saturated rings. The van der Waals surface area contributed by atoms with Crippen LogP contribution >= 0.6 is 0 Å². The normalized spacial score (nSPS) is 43.8. The number of esters is 3. The molecule has 0 saturated heterocycles. The van der Waals surface area contributed by atoms with E-state index >= 15 is 0 Å². The summed E-state index contributed by atoms with van der Waals surface area (Å²) >= 11 is 0. The Balaban J connectivity index is 1.09. The van der Waals surface area contributed by atoms with Crippen molar-refractivity contribution in [3.8, 4) is 0 Å². The van der Waals surface area contributed by atoms with Crippen LogP contribution in [0.15, 0.2) is 0 Å². The molecule has 0 amide bonds. The Bertz CT molecular complexity index is 1140. The predicted molar refractivity (Wildman–Crippen MR) is 130 cm³/mol. The number of halogens is 2. The van der Waals surface area contributed by atoms with Gasteiger partial charge in [0.25, 0.3) is 0 Å². The van der Waals surface area contributed by atoms with Gasteiger partial charge in [0, 0.05) is 0 Å². The topological polar surface area (TPSA) is 133 Å². The van der Waals surface area contributed by atoms with Crippen LogP contribution in [-0.4, -0.2) is 54.9 Å². The molecule has 12 heteroatoms. The van der Waals surface area contributed by atoms with E-state index in [4.69, 9.17) is 18.8 Å². The average molecular weight is 575 g/mol. The van der Waals surface area contributed by atoms with E-state index in [9.17, 15) is 31.6 Å². The second-order valence-electron chi connectivity index (χ2n) is 13.7. The molecule has 0 aromatic carbocycles. The summed E-state index contributed by atoms with van der Waals surface area (Å²) in [5.41, 5.74) is -2.80. The number of alkyl halides is 2. The van der Waals surface area contributed by atoms with Crippen molar-refractivity contribution < 1.29 is 50.3 Å². The molecule has 8 aliphatic carbocycles. The first kappa shape index (κ1) is 27.4. The lowest BCUT2D eigenvalue weighted by atomic mass is 9.44. The van der Waals surface area contributed by atoms with Gasteiger partial charge in [0.15, 0.2) is 13.2 Å². The zero-order valence-electron chi connectivity index (χ0n) is 22.0. The summed E-state index contributed by atoms with van der Waals surface area (Å²) in [6.45, 7) is -0.303. The summed E-state index contributed by atoms with van der Waals surface area (Å²) < 4.78 is 74.2. The van der Waals surface area contributed by atoms with Crippen molar-refractivity contribution in [1.29, 1.82) is 0 Å². The van der Waals surface area contributed by atoms with Gasteiger partial charge in [0.2, 0.25) is 0 Å². The van der Waals surface area contributed by atoms with Crippen LogP contribution < -0.4 is 0 Å². The molecule has 1 N–H and O–H groups in total. The minimum Gasteiger partial charge on any atom is -0.458 e. The van der Waals surface area contributed by atoms with Crippen LogP contribution in [0.1, 0.15) is 77.6 Å². The molecule has 0 aromatic rings. The minimum atomic E-state index is -5.74. The minimum absolute atomic E-state index is 0.0210. The van der Waals surface area contributed by atoms with E-state index in [1.807, 2.05) is 6.92 Å². The van der Waals surface area contributed by atoms with Crippen LogP contribution in [0.25, 0.3) is 0 Å². The fraction of sp³-hybridized carbons (Fsp3) is 0.889. The van der Waals surface area contributed by atoms with E-state index in [0.29, 0.717) is 49.4 Å². The molecule has 0 heterocycles. The van der Waals surface area contributed by atoms with Crippen LogP contribution in [0.4, 0.5) is 8.78 Å². The predicted octanol–water partition coefficient (Wildman–Crippen LogP) is 3.90. The van der Waals surface area contributed by atoms with Gasteiger partial charge < -0.3 is 14.2 Å². The van der Waals surface area contributed by atoms with Crippen LogP contribution in [0.3, 0.4) is 0 Å². The maximum absolute atomic E-state index is 13.7. The number of rotatable bonds is 8. The number of carbonyl (C=O) groups is 3. The smallest absolute Gasteiger partial charge is 0.402 e. The number of ether oxygens (including phenoxy) is 3. The van der Waals surface area contributed by atoms with E-state index in [-0.39, 0.29) is 18.3 Å². The molecule has 0 radical (unpaired) electrons. The zero-order valence-corrected chi connectivity index (χ0v) is 22.9. The van der Waals surface area contributed by atoms with E-state index in [1.165, 1.54) is 6.42 Å². The number of hydrogen-bond acceptors (Lipinski definition) is 8. The molecule has 0 aromatic heterocycles. The van der Waals surface area contributed by atoms with E-state index in [0.717, 1.165) is 32.1 Å². The maximum atomic E-state index is 13.7. The summed E-state index contributed by atoms with van der Waals surface area (Å²) in [7, 11) is -5.74. The zero-order chi connectivity index (χ0) is 28.0.